The van der Waals surface area contributed by atoms with Crippen LogP contribution in [0.15, 0.2) is 42.5 Å². The van der Waals surface area contributed by atoms with Crippen molar-refractivity contribution in [2.45, 2.75) is 57.0 Å². The second-order valence-electron chi connectivity index (χ2n) is 7.04. The molecule has 1 nitrogen and oxygen atoms in total. The standard InChI is InChI=1S/C21H22F2O/c22-21(23)24-20-11-6-15(13-19(20)17-9-10-17)5-4-14-2-1-3-18(12-14)16-7-8-16/h1-3,6,11-13,16-17,21H,4-5,7-10H2. The van der Waals surface area contributed by atoms with Crippen molar-refractivity contribution in [3.05, 3.63) is 64.7 Å². The zero-order valence-corrected chi connectivity index (χ0v) is 13.7. The highest BCUT2D eigenvalue weighted by Crippen LogP contribution is 2.45. The lowest BCUT2D eigenvalue weighted by Gasteiger charge is -2.12. The summed E-state index contributed by atoms with van der Waals surface area (Å²) in [5.41, 5.74) is 4.99. The minimum absolute atomic E-state index is 0.354. The van der Waals surface area contributed by atoms with Crippen LogP contribution in [0.1, 0.15) is 59.8 Å². The maximum Gasteiger partial charge on any atom is 0.387 e. The molecule has 0 aliphatic heterocycles. The van der Waals surface area contributed by atoms with E-state index in [-0.39, 0.29) is 0 Å². The van der Waals surface area contributed by atoms with Crippen LogP contribution in [0.3, 0.4) is 0 Å². The lowest BCUT2D eigenvalue weighted by Crippen LogP contribution is -2.05. The minimum Gasteiger partial charge on any atom is -0.435 e. The Balaban J connectivity index is 1.46. The molecule has 0 atom stereocenters. The first-order valence-corrected chi connectivity index (χ1v) is 8.85. The highest BCUT2D eigenvalue weighted by atomic mass is 19.3. The average Bonchev–Trinajstić information content (AvgIpc) is 3.47. The Hall–Kier alpha value is -1.90. The van der Waals surface area contributed by atoms with Gasteiger partial charge in [0, 0.05) is 0 Å². The average molecular weight is 328 g/mol. The highest BCUT2D eigenvalue weighted by molar-refractivity contribution is 5.42. The maximum absolute atomic E-state index is 12.5. The van der Waals surface area contributed by atoms with Gasteiger partial charge in [-0.3, -0.25) is 0 Å². The summed E-state index contributed by atoms with van der Waals surface area (Å²) < 4.78 is 29.8. The molecule has 2 aliphatic rings. The lowest BCUT2D eigenvalue weighted by molar-refractivity contribution is -0.0504. The van der Waals surface area contributed by atoms with Gasteiger partial charge in [0.05, 0.1) is 0 Å². The third-order valence-corrected chi connectivity index (χ3v) is 5.01. The number of rotatable bonds is 7. The van der Waals surface area contributed by atoms with E-state index in [2.05, 4.69) is 35.1 Å². The number of hydrogen-bond donors (Lipinski definition) is 0. The Morgan fingerprint density at radius 3 is 2.25 bits per heavy atom. The predicted molar refractivity (Wildman–Crippen MR) is 90.9 cm³/mol. The molecule has 2 aliphatic carbocycles. The van der Waals surface area contributed by atoms with Crippen LogP contribution in [0, 0.1) is 0 Å². The first kappa shape index (κ1) is 15.6. The summed E-state index contributed by atoms with van der Waals surface area (Å²) in [5.74, 6) is 1.53. The molecule has 126 valence electrons. The zero-order valence-electron chi connectivity index (χ0n) is 13.7. The number of hydrogen-bond acceptors (Lipinski definition) is 1. The van der Waals surface area contributed by atoms with Crippen LogP contribution < -0.4 is 4.74 Å². The summed E-state index contributed by atoms with van der Waals surface area (Å²) in [7, 11) is 0. The van der Waals surface area contributed by atoms with Crippen molar-refractivity contribution >= 4 is 0 Å². The van der Waals surface area contributed by atoms with Gasteiger partial charge in [-0.15, -0.1) is 0 Å². The van der Waals surface area contributed by atoms with Gasteiger partial charge in [0.15, 0.2) is 0 Å². The fourth-order valence-corrected chi connectivity index (χ4v) is 3.38. The Bertz CT molecular complexity index is 718. The molecular weight excluding hydrogens is 306 g/mol. The van der Waals surface area contributed by atoms with Gasteiger partial charge >= 0.3 is 6.61 Å². The van der Waals surface area contributed by atoms with Gasteiger partial charge in [-0.2, -0.15) is 8.78 Å². The van der Waals surface area contributed by atoms with E-state index in [0.717, 1.165) is 37.2 Å². The molecule has 2 aromatic rings. The SMILES string of the molecule is FC(F)Oc1ccc(CCc2cccc(C3CC3)c2)cc1C1CC1. The second-order valence-corrected chi connectivity index (χ2v) is 7.04. The molecule has 24 heavy (non-hydrogen) atoms. The number of halogens is 2. The van der Waals surface area contributed by atoms with Gasteiger partial charge in [0.2, 0.25) is 0 Å². The molecule has 0 spiro atoms. The van der Waals surface area contributed by atoms with Crippen molar-refractivity contribution in [2.75, 3.05) is 0 Å². The first-order chi connectivity index (χ1) is 11.7. The van der Waals surface area contributed by atoms with Crippen LogP contribution in [0.5, 0.6) is 5.75 Å². The highest BCUT2D eigenvalue weighted by Gasteiger charge is 2.28. The summed E-state index contributed by atoms with van der Waals surface area (Å²) in [6.07, 6.45) is 6.71. The third-order valence-electron chi connectivity index (χ3n) is 5.01. The second kappa shape index (κ2) is 6.54. The van der Waals surface area contributed by atoms with E-state index in [1.165, 1.54) is 29.5 Å². The van der Waals surface area contributed by atoms with E-state index < -0.39 is 6.61 Å². The van der Waals surface area contributed by atoms with Gasteiger partial charge in [-0.05, 0) is 78.7 Å². The minimum atomic E-state index is -2.75. The number of alkyl halides is 2. The molecule has 0 aromatic heterocycles. The lowest BCUT2D eigenvalue weighted by atomic mass is 9.98. The van der Waals surface area contributed by atoms with Gasteiger partial charge < -0.3 is 4.74 Å². The van der Waals surface area contributed by atoms with E-state index >= 15 is 0 Å². The first-order valence-electron chi connectivity index (χ1n) is 8.85. The van der Waals surface area contributed by atoms with E-state index in [9.17, 15) is 8.78 Å². The molecule has 0 saturated heterocycles. The molecule has 2 fully saturated rings. The van der Waals surface area contributed by atoms with E-state index in [4.69, 9.17) is 0 Å². The van der Waals surface area contributed by atoms with Crippen molar-refractivity contribution in [3.63, 3.8) is 0 Å². The number of ether oxygens (including phenoxy) is 1. The summed E-state index contributed by atoms with van der Waals surface area (Å²) in [6, 6.07) is 14.6. The Morgan fingerprint density at radius 2 is 1.58 bits per heavy atom. The summed E-state index contributed by atoms with van der Waals surface area (Å²) in [5, 5.41) is 0. The van der Waals surface area contributed by atoms with Gasteiger partial charge in [0.25, 0.3) is 0 Å². The van der Waals surface area contributed by atoms with Crippen molar-refractivity contribution in [1.82, 2.24) is 0 Å². The molecule has 0 N–H and O–H groups in total. The van der Waals surface area contributed by atoms with E-state index in [1.54, 1.807) is 6.07 Å². The topological polar surface area (TPSA) is 9.23 Å². The van der Waals surface area contributed by atoms with E-state index in [0.29, 0.717) is 11.7 Å². The normalized spacial score (nSPS) is 17.3. The third kappa shape index (κ3) is 3.77. The predicted octanol–water partition coefficient (Wildman–Crippen LogP) is 5.83. The number of benzene rings is 2. The van der Waals surface area contributed by atoms with Crippen LogP contribution in [0.4, 0.5) is 8.78 Å². The quantitative estimate of drug-likeness (QED) is 0.621. The number of aryl methyl sites for hydroxylation is 2. The van der Waals surface area contributed by atoms with Crippen LogP contribution in [0.2, 0.25) is 0 Å². The molecule has 2 aromatic carbocycles. The Kier molecular flexibility index (Phi) is 4.26. The molecule has 0 bridgehead atoms. The van der Waals surface area contributed by atoms with Crippen molar-refractivity contribution in [3.8, 4) is 5.75 Å². The zero-order chi connectivity index (χ0) is 16.5. The summed E-state index contributed by atoms with van der Waals surface area (Å²) >= 11 is 0. The molecule has 3 heteroatoms. The fraction of sp³-hybridized carbons (Fsp3) is 0.429. The summed E-state index contributed by atoms with van der Waals surface area (Å²) in [6.45, 7) is -2.75. The largest absolute Gasteiger partial charge is 0.435 e. The fourth-order valence-electron chi connectivity index (χ4n) is 3.38. The van der Waals surface area contributed by atoms with Crippen LogP contribution >= 0.6 is 0 Å². The van der Waals surface area contributed by atoms with Crippen LogP contribution in [-0.4, -0.2) is 6.61 Å². The molecule has 0 heterocycles. The molecular formula is C21H22F2O. The van der Waals surface area contributed by atoms with E-state index in [1.807, 2.05) is 6.07 Å². The molecule has 0 unspecified atom stereocenters. The van der Waals surface area contributed by atoms with Gasteiger partial charge in [-0.25, -0.2) is 0 Å². The Morgan fingerprint density at radius 1 is 0.875 bits per heavy atom. The van der Waals surface area contributed by atoms with Crippen molar-refractivity contribution in [1.29, 1.82) is 0 Å². The monoisotopic (exact) mass is 328 g/mol. The van der Waals surface area contributed by atoms with Crippen LogP contribution in [-0.2, 0) is 12.8 Å². The van der Waals surface area contributed by atoms with Gasteiger partial charge in [-0.1, -0.05) is 36.4 Å². The summed E-state index contributed by atoms with van der Waals surface area (Å²) in [4.78, 5) is 0. The smallest absolute Gasteiger partial charge is 0.387 e. The van der Waals surface area contributed by atoms with Crippen molar-refractivity contribution < 1.29 is 13.5 Å². The Labute approximate surface area is 141 Å². The van der Waals surface area contributed by atoms with Gasteiger partial charge in [0.1, 0.15) is 5.75 Å². The molecule has 2 saturated carbocycles. The molecule has 0 radical (unpaired) electrons. The molecule has 0 amide bonds. The maximum atomic E-state index is 12.5. The molecule has 4 rings (SSSR count). The van der Waals surface area contributed by atoms with Crippen LogP contribution in [0.25, 0.3) is 0 Å². The van der Waals surface area contributed by atoms with Crippen molar-refractivity contribution in [2.24, 2.45) is 0 Å².